The lowest BCUT2D eigenvalue weighted by Crippen LogP contribution is -2.16. The molecule has 0 saturated heterocycles. The first-order valence-corrected chi connectivity index (χ1v) is 8.67. The molecule has 1 aromatic heterocycles. The van der Waals surface area contributed by atoms with Gasteiger partial charge in [0.2, 0.25) is 11.8 Å². The molecule has 0 radical (unpaired) electrons. The smallest absolute Gasteiger partial charge is 0.337 e. The van der Waals surface area contributed by atoms with Gasteiger partial charge in [0.15, 0.2) is 0 Å². The molecule has 0 aliphatic heterocycles. The molecular formula is C18H15N3O4S. The van der Waals surface area contributed by atoms with Crippen LogP contribution in [0.2, 0.25) is 0 Å². The first-order chi connectivity index (χ1) is 12.5. The van der Waals surface area contributed by atoms with E-state index >= 15 is 0 Å². The number of hydrogen-bond donors (Lipinski definition) is 2. The summed E-state index contributed by atoms with van der Waals surface area (Å²) in [5.41, 5.74) is 2.21. The summed E-state index contributed by atoms with van der Waals surface area (Å²) in [6.45, 7) is 1.99. The monoisotopic (exact) mass is 369 g/mol. The summed E-state index contributed by atoms with van der Waals surface area (Å²) >= 11 is 1.08. The number of hydrogen-bond acceptors (Lipinski definition) is 6. The molecule has 0 saturated carbocycles. The average Bonchev–Trinajstić information content (AvgIpc) is 3.10. The molecule has 2 N–H and O–H groups in total. The molecular weight excluding hydrogens is 354 g/mol. The Morgan fingerprint density at radius 2 is 1.85 bits per heavy atom. The van der Waals surface area contributed by atoms with Crippen molar-refractivity contribution in [3.05, 3.63) is 59.7 Å². The predicted molar refractivity (Wildman–Crippen MR) is 97.2 cm³/mol. The molecule has 0 fully saturated rings. The van der Waals surface area contributed by atoms with Crippen LogP contribution in [0.5, 0.6) is 0 Å². The number of nitrogens with zero attached hydrogens (tertiary/aromatic N) is 2. The number of carbonyl (C=O) groups is 2. The van der Waals surface area contributed by atoms with Crippen molar-refractivity contribution >= 4 is 29.3 Å². The fourth-order valence-electron chi connectivity index (χ4n) is 2.17. The van der Waals surface area contributed by atoms with Crippen LogP contribution >= 0.6 is 11.8 Å². The molecule has 1 heterocycles. The van der Waals surface area contributed by atoms with Crippen molar-refractivity contribution in [2.75, 3.05) is 11.1 Å². The summed E-state index contributed by atoms with van der Waals surface area (Å²) in [5.74, 6) is -1.07. The lowest BCUT2D eigenvalue weighted by Gasteiger charge is -2.07. The van der Waals surface area contributed by atoms with E-state index in [4.69, 9.17) is 9.52 Å². The van der Waals surface area contributed by atoms with E-state index in [0.29, 0.717) is 5.89 Å². The van der Waals surface area contributed by atoms with Crippen molar-refractivity contribution in [2.24, 2.45) is 0 Å². The van der Waals surface area contributed by atoms with Gasteiger partial charge in [0.1, 0.15) is 0 Å². The maximum absolute atomic E-state index is 12.1. The number of thioether (sulfide) groups is 1. The number of carboxylic acid groups (broad SMARTS) is 1. The Labute approximate surface area is 153 Å². The van der Waals surface area contributed by atoms with Gasteiger partial charge in [-0.1, -0.05) is 41.6 Å². The molecule has 132 valence electrons. The summed E-state index contributed by atoms with van der Waals surface area (Å²) < 4.78 is 5.54. The average molecular weight is 369 g/mol. The minimum absolute atomic E-state index is 0.0173. The molecule has 0 unspecified atom stereocenters. The fourth-order valence-corrected chi connectivity index (χ4v) is 2.74. The maximum atomic E-state index is 12.1. The van der Waals surface area contributed by atoms with Gasteiger partial charge in [-0.25, -0.2) is 4.79 Å². The quantitative estimate of drug-likeness (QED) is 0.641. The second-order valence-corrected chi connectivity index (χ2v) is 6.35. The normalized spacial score (nSPS) is 10.5. The van der Waals surface area contributed by atoms with E-state index in [1.54, 1.807) is 12.1 Å². The highest BCUT2D eigenvalue weighted by atomic mass is 32.2. The number of rotatable bonds is 6. The Bertz CT molecular complexity index is 938. The zero-order valence-corrected chi connectivity index (χ0v) is 14.6. The van der Waals surface area contributed by atoms with Gasteiger partial charge in [0.05, 0.1) is 17.0 Å². The number of benzene rings is 2. The molecule has 3 rings (SSSR count). The predicted octanol–water partition coefficient (Wildman–Crippen LogP) is 3.47. The Balaban J connectivity index is 1.60. The van der Waals surface area contributed by atoms with Crippen LogP contribution in [0.15, 0.2) is 58.2 Å². The van der Waals surface area contributed by atoms with Gasteiger partial charge in [0.25, 0.3) is 5.22 Å². The van der Waals surface area contributed by atoms with Crippen LogP contribution in [0.4, 0.5) is 5.69 Å². The van der Waals surface area contributed by atoms with Crippen molar-refractivity contribution < 1.29 is 19.1 Å². The molecule has 0 spiro atoms. The van der Waals surface area contributed by atoms with E-state index in [-0.39, 0.29) is 28.1 Å². The van der Waals surface area contributed by atoms with Gasteiger partial charge in [0, 0.05) is 5.56 Å². The highest BCUT2D eigenvalue weighted by molar-refractivity contribution is 7.99. The Morgan fingerprint density at radius 1 is 1.12 bits per heavy atom. The van der Waals surface area contributed by atoms with Gasteiger partial charge < -0.3 is 14.8 Å². The number of aryl methyl sites for hydroxylation is 1. The number of aromatic carboxylic acids is 1. The van der Waals surface area contributed by atoms with Crippen LogP contribution in [0.3, 0.4) is 0 Å². The van der Waals surface area contributed by atoms with Crippen molar-refractivity contribution in [3.8, 4) is 11.5 Å². The summed E-state index contributed by atoms with van der Waals surface area (Å²) in [6, 6.07) is 13.9. The van der Waals surface area contributed by atoms with Gasteiger partial charge >= 0.3 is 5.97 Å². The third kappa shape index (κ3) is 4.28. The number of carboxylic acids is 1. The first kappa shape index (κ1) is 17.7. The third-order valence-corrected chi connectivity index (χ3v) is 4.28. The Morgan fingerprint density at radius 3 is 2.58 bits per heavy atom. The van der Waals surface area contributed by atoms with Crippen LogP contribution in [0, 0.1) is 6.92 Å². The molecule has 2 aromatic carbocycles. The van der Waals surface area contributed by atoms with Crippen LogP contribution in [0.25, 0.3) is 11.5 Å². The zero-order chi connectivity index (χ0) is 18.5. The Hall–Kier alpha value is -3.13. The van der Waals surface area contributed by atoms with Crippen molar-refractivity contribution in [2.45, 2.75) is 12.1 Å². The number of anilines is 1. The minimum Gasteiger partial charge on any atom is -0.478 e. The highest BCUT2D eigenvalue weighted by Crippen LogP contribution is 2.24. The fraction of sp³-hybridized carbons (Fsp3) is 0.111. The number of amides is 1. The molecule has 0 aliphatic carbocycles. The second kappa shape index (κ2) is 7.83. The molecule has 26 heavy (non-hydrogen) atoms. The topological polar surface area (TPSA) is 105 Å². The summed E-state index contributed by atoms with van der Waals surface area (Å²) in [7, 11) is 0. The molecule has 0 bridgehead atoms. The van der Waals surface area contributed by atoms with Crippen LogP contribution < -0.4 is 5.32 Å². The number of aromatic nitrogens is 2. The summed E-state index contributed by atoms with van der Waals surface area (Å²) in [6.07, 6.45) is 0. The highest BCUT2D eigenvalue weighted by Gasteiger charge is 2.14. The van der Waals surface area contributed by atoms with Gasteiger partial charge in [-0.2, -0.15) is 0 Å². The maximum Gasteiger partial charge on any atom is 0.337 e. The SMILES string of the molecule is Cc1ccc(-c2nnc(SCC(=O)Nc3ccccc3C(=O)O)o2)cc1. The van der Waals surface area contributed by atoms with Gasteiger partial charge in [-0.3, -0.25) is 4.79 Å². The van der Waals surface area contributed by atoms with Crippen molar-refractivity contribution in [3.63, 3.8) is 0 Å². The van der Waals surface area contributed by atoms with Crippen LogP contribution in [0.1, 0.15) is 15.9 Å². The molecule has 3 aromatic rings. The van der Waals surface area contributed by atoms with E-state index in [1.807, 2.05) is 31.2 Å². The molecule has 7 nitrogen and oxygen atoms in total. The molecule has 1 amide bonds. The molecule has 8 heteroatoms. The van der Waals surface area contributed by atoms with E-state index in [0.717, 1.165) is 22.9 Å². The molecule has 0 atom stereocenters. The van der Waals surface area contributed by atoms with E-state index in [2.05, 4.69) is 15.5 Å². The number of nitrogens with one attached hydrogen (secondary N) is 1. The van der Waals surface area contributed by atoms with Crippen molar-refractivity contribution in [1.29, 1.82) is 0 Å². The third-order valence-electron chi connectivity index (χ3n) is 3.46. The van der Waals surface area contributed by atoms with Gasteiger partial charge in [-0.15, -0.1) is 10.2 Å². The lowest BCUT2D eigenvalue weighted by atomic mass is 10.1. The lowest BCUT2D eigenvalue weighted by molar-refractivity contribution is -0.113. The molecule has 0 aliphatic rings. The second-order valence-electron chi connectivity index (χ2n) is 5.43. The summed E-state index contributed by atoms with van der Waals surface area (Å²) in [4.78, 5) is 23.2. The Kier molecular flexibility index (Phi) is 5.33. The van der Waals surface area contributed by atoms with E-state index < -0.39 is 5.97 Å². The van der Waals surface area contributed by atoms with Crippen LogP contribution in [-0.2, 0) is 4.79 Å². The van der Waals surface area contributed by atoms with Gasteiger partial charge in [-0.05, 0) is 31.2 Å². The summed E-state index contributed by atoms with van der Waals surface area (Å²) in [5, 5.41) is 19.8. The minimum atomic E-state index is -1.10. The zero-order valence-electron chi connectivity index (χ0n) is 13.8. The van der Waals surface area contributed by atoms with Crippen molar-refractivity contribution in [1.82, 2.24) is 10.2 Å². The van der Waals surface area contributed by atoms with E-state index in [9.17, 15) is 9.59 Å². The van der Waals surface area contributed by atoms with E-state index in [1.165, 1.54) is 12.1 Å². The largest absolute Gasteiger partial charge is 0.478 e. The first-order valence-electron chi connectivity index (χ1n) is 7.68. The number of carbonyl (C=O) groups excluding carboxylic acids is 1. The number of para-hydroxylation sites is 1. The standard InChI is InChI=1S/C18H15N3O4S/c1-11-6-8-12(9-7-11)16-20-21-18(25-16)26-10-15(22)19-14-5-3-2-4-13(14)17(23)24/h2-9H,10H2,1H3,(H,19,22)(H,23,24). The van der Waals surface area contributed by atoms with Crippen LogP contribution in [-0.4, -0.2) is 32.9 Å².